The first-order chi connectivity index (χ1) is 4.76. The fourth-order valence-electron chi connectivity index (χ4n) is 0.267. The van der Waals surface area contributed by atoms with E-state index in [0.717, 1.165) is 0 Å². The Morgan fingerprint density at radius 1 is 1.27 bits per heavy atom. The van der Waals surface area contributed by atoms with Crippen LogP contribution in [-0.4, -0.2) is 34.2 Å². The molecule has 1 atom stereocenters. The highest BCUT2D eigenvalue weighted by molar-refractivity contribution is 6.03. The number of aliphatic hydroxyl groups excluding tert-OH is 1. The lowest BCUT2D eigenvalue weighted by Gasteiger charge is -2.06. The Kier molecular flexibility index (Phi) is 2.58. The number of aliphatic hydroxyl groups is 1. The molecule has 0 radical (unpaired) electrons. The van der Waals surface area contributed by atoms with Crippen molar-refractivity contribution in [3.63, 3.8) is 0 Å². The summed E-state index contributed by atoms with van der Waals surface area (Å²) in [6, 6.07) is 0. The summed E-state index contributed by atoms with van der Waals surface area (Å²) in [5.41, 5.74) is 0. The van der Waals surface area contributed by atoms with Crippen LogP contribution in [0.15, 0.2) is 0 Å². The molecule has 0 aliphatic rings. The third-order valence-electron chi connectivity index (χ3n) is 0.762. The van der Waals surface area contributed by atoms with Crippen LogP contribution < -0.4 is 0 Å². The van der Waals surface area contributed by atoms with Crippen molar-refractivity contribution in [1.82, 2.24) is 0 Å². The predicted molar refractivity (Wildman–Crippen MR) is 24.7 cm³/mol. The van der Waals surface area contributed by atoms with Crippen LogP contribution in [0.2, 0.25) is 0 Å². The Balaban J connectivity index is 4.39. The number of hydrogen-bond donors (Lipinski definition) is 2. The molecule has 0 heterocycles. The van der Waals surface area contributed by atoms with Crippen LogP contribution in [-0.2, 0) is 9.59 Å². The third kappa shape index (κ3) is 2.54. The number of alkyl halides is 3. The Labute approximate surface area is 58.2 Å². The van der Waals surface area contributed by atoms with E-state index >= 15 is 0 Å². The lowest BCUT2D eigenvalue weighted by molar-refractivity contribution is -0.184. The molecule has 0 aliphatic carbocycles. The van der Waals surface area contributed by atoms with Gasteiger partial charge in [0, 0.05) is 0 Å². The summed E-state index contributed by atoms with van der Waals surface area (Å²) < 4.78 is 33.9. The van der Waals surface area contributed by atoms with Crippen LogP contribution in [0.25, 0.3) is 0 Å². The van der Waals surface area contributed by atoms with Crippen LogP contribution in [0.1, 0.15) is 0 Å². The first-order valence-corrected chi connectivity index (χ1v) is 2.28. The standard InChI is InChI=1S/C4H3F3O4/c5-4(6,7)2(9)1(8)3(10)11/h1,8H,(H,10,11). The molecule has 0 aromatic carbocycles. The minimum Gasteiger partial charge on any atom is -0.479 e. The summed E-state index contributed by atoms with van der Waals surface area (Å²) in [7, 11) is 0. The molecule has 11 heavy (non-hydrogen) atoms. The summed E-state index contributed by atoms with van der Waals surface area (Å²) in [6.45, 7) is 0. The van der Waals surface area contributed by atoms with Gasteiger partial charge in [-0.25, -0.2) is 4.79 Å². The van der Waals surface area contributed by atoms with Gasteiger partial charge in [-0.15, -0.1) is 0 Å². The van der Waals surface area contributed by atoms with Gasteiger partial charge in [-0.1, -0.05) is 0 Å². The topological polar surface area (TPSA) is 74.6 Å². The first kappa shape index (κ1) is 9.89. The summed E-state index contributed by atoms with van der Waals surface area (Å²) in [5.74, 6) is -4.89. The van der Waals surface area contributed by atoms with Gasteiger partial charge in [-0.05, 0) is 0 Å². The molecule has 0 rings (SSSR count). The second-order valence-corrected chi connectivity index (χ2v) is 1.60. The van der Waals surface area contributed by atoms with E-state index in [9.17, 15) is 22.8 Å². The van der Waals surface area contributed by atoms with Crippen LogP contribution in [0.5, 0.6) is 0 Å². The Hall–Kier alpha value is -1.11. The van der Waals surface area contributed by atoms with E-state index in [2.05, 4.69) is 0 Å². The average Bonchev–Trinajstić information content (AvgIpc) is 1.82. The van der Waals surface area contributed by atoms with Gasteiger partial charge in [0.25, 0.3) is 5.78 Å². The largest absolute Gasteiger partial charge is 0.479 e. The quantitative estimate of drug-likeness (QED) is 0.554. The van der Waals surface area contributed by atoms with E-state index in [1.807, 2.05) is 0 Å². The lowest BCUT2D eigenvalue weighted by atomic mass is 10.2. The number of ketones is 1. The van der Waals surface area contributed by atoms with E-state index in [1.165, 1.54) is 0 Å². The van der Waals surface area contributed by atoms with Gasteiger partial charge < -0.3 is 10.2 Å². The second kappa shape index (κ2) is 2.87. The van der Waals surface area contributed by atoms with Crippen molar-refractivity contribution in [2.45, 2.75) is 12.3 Å². The van der Waals surface area contributed by atoms with E-state index in [0.29, 0.717) is 0 Å². The average molecular weight is 172 g/mol. The molecule has 2 N–H and O–H groups in total. The normalized spacial score (nSPS) is 14.2. The van der Waals surface area contributed by atoms with Gasteiger partial charge in [-0.2, -0.15) is 13.2 Å². The predicted octanol–water partition coefficient (Wildman–Crippen LogP) is -0.437. The number of carbonyl (C=O) groups is 2. The monoisotopic (exact) mass is 172 g/mol. The number of hydrogen-bond acceptors (Lipinski definition) is 3. The van der Waals surface area contributed by atoms with Gasteiger partial charge in [0.1, 0.15) is 0 Å². The number of rotatable bonds is 2. The fraction of sp³-hybridized carbons (Fsp3) is 0.500. The molecule has 1 unspecified atom stereocenters. The van der Waals surface area contributed by atoms with Crippen molar-refractivity contribution in [2.24, 2.45) is 0 Å². The molecule has 0 saturated heterocycles. The fourth-order valence-corrected chi connectivity index (χ4v) is 0.267. The molecule has 0 aromatic rings. The van der Waals surface area contributed by atoms with E-state index < -0.39 is 24.0 Å². The van der Waals surface area contributed by atoms with E-state index in [4.69, 9.17) is 10.2 Å². The van der Waals surface area contributed by atoms with Crippen LogP contribution >= 0.6 is 0 Å². The minimum absolute atomic E-state index is 2.22. The SMILES string of the molecule is O=C(O)C(O)C(=O)C(F)(F)F. The van der Waals surface area contributed by atoms with Crippen molar-refractivity contribution in [3.05, 3.63) is 0 Å². The number of Topliss-reactive ketones (excluding diaryl/α,β-unsaturated/α-hetero) is 1. The summed E-state index contributed by atoms with van der Waals surface area (Å²) >= 11 is 0. The number of aliphatic carboxylic acids is 1. The molecular weight excluding hydrogens is 169 g/mol. The van der Waals surface area contributed by atoms with Gasteiger partial charge in [0.2, 0.25) is 6.10 Å². The highest BCUT2D eigenvalue weighted by Crippen LogP contribution is 2.17. The molecule has 0 spiro atoms. The maximum absolute atomic E-state index is 11.3. The highest BCUT2D eigenvalue weighted by atomic mass is 19.4. The van der Waals surface area contributed by atoms with E-state index in [1.54, 1.807) is 0 Å². The summed E-state index contributed by atoms with van der Waals surface area (Å²) in [4.78, 5) is 19.5. The molecule has 0 amide bonds. The molecule has 0 aromatic heterocycles. The maximum atomic E-state index is 11.3. The molecule has 64 valence electrons. The molecule has 4 nitrogen and oxygen atoms in total. The molecular formula is C4H3F3O4. The number of halogens is 3. The molecule has 0 bridgehead atoms. The molecule has 0 aliphatic heterocycles. The lowest BCUT2D eigenvalue weighted by Crippen LogP contribution is -2.39. The summed E-state index contributed by atoms with van der Waals surface area (Å²) in [5, 5.41) is 15.8. The zero-order chi connectivity index (χ0) is 9.23. The Bertz CT molecular complexity index is 184. The molecule has 0 fully saturated rings. The van der Waals surface area contributed by atoms with Gasteiger partial charge >= 0.3 is 12.1 Å². The second-order valence-electron chi connectivity index (χ2n) is 1.60. The molecule has 7 heteroatoms. The van der Waals surface area contributed by atoms with Crippen molar-refractivity contribution in [3.8, 4) is 0 Å². The zero-order valence-electron chi connectivity index (χ0n) is 4.92. The van der Waals surface area contributed by atoms with Crippen molar-refractivity contribution >= 4 is 11.8 Å². The summed E-state index contributed by atoms with van der Waals surface area (Å²) in [6.07, 6.45) is -8.33. The number of carboxylic acid groups (broad SMARTS) is 1. The minimum atomic E-state index is -5.31. The first-order valence-electron chi connectivity index (χ1n) is 2.28. The van der Waals surface area contributed by atoms with Gasteiger partial charge in [-0.3, -0.25) is 4.79 Å². The van der Waals surface area contributed by atoms with E-state index in [-0.39, 0.29) is 0 Å². The number of carboxylic acids is 1. The van der Waals surface area contributed by atoms with Crippen molar-refractivity contribution in [2.75, 3.05) is 0 Å². The molecule has 0 saturated carbocycles. The Morgan fingerprint density at radius 3 is 1.73 bits per heavy atom. The number of carbonyl (C=O) groups excluding carboxylic acids is 1. The zero-order valence-corrected chi connectivity index (χ0v) is 4.92. The van der Waals surface area contributed by atoms with Gasteiger partial charge in [0.05, 0.1) is 0 Å². The van der Waals surface area contributed by atoms with Crippen LogP contribution in [0.4, 0.5) is 13.2 Å². The Morgan fingerprint density at radius 2 is 1.64 bits per heavy atom. The smallest absolute Gasteiger partial charge is 0.453 e. The third-order valence-corrected chi connectivity index (χ3v) is 0.762. The van der Waals surface area contributed by atoms with Crippen LogP contribution in [0.3, 0.4) is 0 Å². The highest BCUT2D eigenvalue weighted by Gasteiger charge is 2.45. The van der Waals surface area contributed by atoms with Crippen molar-refractivity contribution in [1.29, 1.82) is 0 Å². The van der Waals surface area contributed by atoms with Gasteiger partial charge in [0.15, 0.2) is 0 Å². The van der Waals surface area contributed by atoms with Crippen molar-refractivity contribution < 1.29 is 33.0 Å². The maximum Gasteiger partial charge on any atom is 0.453 e. The van der Waals surface area contributed by atoms with Crippen LogP contribution in [0, 0.1) is 0 Å².